The van der Waals surface area contributed by atoms with Gasteiger partial charge in [0.25, 0.3) is 0 Å². The number of carbonyl (C=O) groups is 1. The molecule has 0 saturated carbocycles. The molecule has 0 spiro atoms. The molecule has 3 rings (SSSR count). The molecule has 2 aromatic carbocycles. The molecule has 1 aliphatic heterocycles. The second kappa shape index (κ2) is 7.35. The van der Waals surface area contributed by atoms with Gasteiger partial charge in [-0.05, 0) is 41.8 Å². The molecule has 138 valence electrons. The molecule has 1 amide bonds. The number of primary sulfonamides is 1. The topological polar surface area (TPSA) is 98.9 Å². The van der Waals surface area contributed by atoms with Gasteiger partial charge in [-0.3, -0.25) is 4.79 Å². The number of nitrogens with zero attached hydrogens (tertiary/aromatic N) is 1. The van der Waals surface area contributed by atoms with Crippen LogP contribution in [0.15, 0.2) is 47.4 Å². The summed E-state index contributed by atoms with van der Waals surface area (Å²) in [6.45, 7) is 0.692. The number of hydrogen-bond acceptors (Lipinski definition) is 5. The van der Waals surface area contributed by atoms with Gasteiger partial charge in [0.15, 0.2) is 11.5 Å². The predicted octanol–water partition coefficient (Wildman–Crippen LogP) is 1.65. The molecule has 1 aliphatic rings. The highest BCUT2D eigenvalue weighted by Crippen LogP contribution is 2.32. The Morgan fingerprint density at radius 3 is 2.42 bits per heavy atom. The van der Waals surface area contributed by atoms with E-state index in [0.29, 0.717) is 30.9 Å². The zero-order chi connectivity index (χ0) is 18.7. The maximum atomic E-state index is 12.3. The molecule has 7 nitrogen and oxygen atoms in total. The number of sulfonamides is 1. The Kier molecular flexibility index (Phi) is 5.15. The van der Waals surface area contributed by atoms with Crippen LogP contribution in [0.1, 0.15) is 17.5 Å². The fourth-order valence-electron chi connectivity index (χ4n) is 2.69. The summed E-state index contributed by atoms with van der Waals surface area (Å²) in [4.78, 5) is 14.0. The molecule has 0 saturated heterocycles. The van der Waals surface area contributed by atoms with Crippen molar-refractivity contribution in [2.45, 2.75) is 24.3 Å². The van der Waals surface area contributed by atoms with Crippen LogP contribution in [0.4, 0.5) is 0 Å². The molecule has 0 aliphatic carbocycles. The second-order valence-corrected chi connectivity index (χ2v) is 7.69. The lowest BCUT2D eigenvalue weighted by molar-refractivity contribution is -0.130. The summed E-state index contributed by atoms with van der Waals surface area (Å²) in [5.41, 5.74) is 1.84. The lowest BCUT2D eigenvalue weighted by atomic mass is 10.1. The van der Waals surface area contributed by atoms with E-state index in [-0.39, 0.29) is 17.6 Å². The van der Waals surface area contributed by atoms with Crippen molar-refractivity contribution >= 4 is 15.9 Å². The number of ether oxygens (including phenoxy) is 2. The molecular formula is C18H20N2O5S. The first-order chi connectivity index (χ1) is 12.3. The Morgan fingerprint density at radius 1 is 1.08 bits per heavy atom. The number of benzene rings is 2. The normalized spacial score (nSPS) is 12.8. The first-order valence-corrected chi connectivity index (χ1v) is 9.62. The molecular weight excluding hydrogens is 356 g/mol. The van der Waals surface area contributed by atoms with Gasteiger partial charge in [-0.15, -0.1) is 0 Å². The average Bonchev–Trinajstić information content (AvgIpc) is 3.07. The Labute approximate surface area is 152 Å². The molecule has 0 atom stereocenters. The first kappa shape index (κ1) is 18.2. The molecule has 2 aromatic rings. The van der Waals surface area contributed by atoms with E-state index in [1.54, 1.807) is 24.1 Å². The number of amides is 1. The van der Waals surface area contributed by atoms with Crippen LogP contribution >= 0.6 is 0 Å². The number of aryl methyl sites for hydroxylation is 1. The van der Waals surface area contributed by atoms with E-state index in [9.17, 15) is 13.2 Å². The Hall–Kier alpha value is -2.58. The third-order valence-electron chi connectivity index (χ3n) is 4.16. The van der Waals surface area contributed by atoms with Crippen LogP contribution in [-0.4, -0.2) is 33.1 Å². The van der Waals surface area contributed by atoms with Crippen molar-refractivity contribution in [3.63, 3.8) is 0 Å². The van der Waals surface area contributed by atoms with Crippen LogP contribution in [0, 0.1) is 0 Å². The zero-order valence-electron chi connectivity index (χ0n) is 14.3. The second-order valence-electron chi connectivity index (χ2n) is 6.13. The maximum Gasteiger partial charge on any atom is 0.238 e. The number of hydrogen-bond donors (Lipinski definition) is 1. The van der Waals surface area contributed by atoms with Gasteiger partial charge in [-0.1, -0.05) is 18.2 Å². The predicted molar refractivity (Wildman–Crippen MR) is 95.2 cm³/mol. The van der Waals surface area contributed by atoms with Crippen molar-refractivity contribution in [2.24, 2.45) is 5.14 Å². The van der Waals surface area contributed by atoms with Crippen molar-refractivity contribution in [3.8, 4) is 11.5 Å². The average molecular weight is 376 g/mol. The lowest BCUT2D eigenvalue weighted by Crippen LogP contribution is -2.26. The molecule has 0 bridgehead atoms. The first-order valence-electron chi connectivity index (χ1n) is 8.07. The summed E-state index contributed by atoms with van der Waals surface area (Å²) >= 11 is 0. The van der Waals surface area contributed by atoms with Gasteiger partial charge in [0.2, 0.25) is 22.7 Å². The SMILES string of the molecule is CN(Cc1ccc2c(c1)OCO2)C(=O)CCc1ccc(S(N)(=O)=O)cc1. The summed E-state index contributed by atoms with van der Waals surface area (Å²) in [5.74, 6) is 1.40. The van der Waals surface area contributed by atoms with Crippen molar-refractivity contribution < 1.29 is 22.7 Å². The minimum absolute atomic E-state index is 0.00168. The van der Waals surface area contributed by atoms with Crippen LogP contribution in [0.3, 0.4) is 0 Å². The van der Waals surface area contributed by atoms with E-state index in [0.717, 1.165) is 11.1 Å². The molecule has 0 aromatic heterocycles. The quantitative estimate of drug-likeness (QED) is 0.826. The largest absolute Gasteiger partial charge is 0.454 e. The minimum Gasteiger partial charge on any atom is -0.454 e. The van der Waals surface area contributed by atoms with Gasteiger partial charge in [0.05, 0.1) is 4.90 Å². The number of rotatable bonds is 6. The third kappa shape index (κ3) is 4.33. The smallest absolute Gasteiger partial charge is 0.238 e. The number of fused-ring (bicyclic) bond motifs is 1. The van der Waals surface area contributed by atoms with E-state index in [4.69, 9.17) is 14.6 Å². The highest BCUT2D eigenvalue weighted by Gasteiger charge is 2.15. The van der Waals surface area contributed by atoms with E-state index in [1.807, 2.05) is 18.2 Å². The van der Waals surface area contributed by atoms with Crippen LogP contribution in [0.5, 0.6) is 11.5 Å². The summed E-state index contributed by atoms with van der Waals surface area (Å²) in [6.07, 6.45) is 0.852. The van der Waals surface area contributed by atoms with Crippen molar-refractivity contribution in [1.29, 1.82) is 0 Å². The van der Waals surface area contributed by atoms with Gasteiger partial charge in [0.1, 0.15) is 0 Å². The number of carbonyl (C=O) groups excluding carboxylic acids is 1. The number of nitrogens with two attached hydrogens (primary N) is 1. The van der Waals surface area contributed by atoms with Gasteiger partial charge < -0.3 is 14.4 Å². The highest BCUT2D eigenvalue weighted by atomic mass is 32.2. The zero-order valence-corrected chi connectivity index (χ0v) is 15.2. The van der Waals surface area contributed by atoms with Gasteiger partial charge in [-0.25, -0.2) is 13.6 Å². The van der Waals surface area contributed by atoms with Crippen LogP contribution in [0.2, 0.25) is 0 Å². The molecule has 26 heavy (non-hydrogen) atoms. The Morgan fingerprint density at radius 2 is 1.73 bits per heavy atom. The van der Waals surface area contributed by atoms with E-state index >= 15 is 0 Å². The van der Waals surface area contributed by atoms with Crippen molar-refractivity contribution in [1.82, 2.24) is 4.90 Å². The summed E-state index contributed by atoms with van der Waals surface area (Å²) in [7, 11) is -1.95. The van der Waals surface area contributed by atoms with E-state index in [2.05, 4.69) is 0 Å². The van der Waals surface area contributed by atoms with Gasteiger partial charge >= 0.3 is 0 Å². The highest BCUT2D eigenvalue weighted by molar-refractivity contribution is 7.89. The van der Waals surface area contributed by atoms with Crippen LogP contribution in [0.25, 0.3) is 0 Å². The van der Waals surface area contributed by atoms with Crippen molar-refractivity contribution in [2.75, 3.05) is 13.8 Å². The summed E-state index contributed by atoms with van der Waals surface area (Å²) in [6, 6.07) is 11.9. The van der Waals surface area contributed by atoms with Gasteiger partial charge in [0, 0.05) is 20.0 Å². The Balaban J connectivity index is 1.54. The Bertz CT molecular complexity index is 910. The summed E-state index contributed by atoms with van der Waals surface area (Å²) in [5, 5.41) is 5.07. The van der Waals surface area contributed by atoms with Crippen LogP contribution < -0.4 is 14.6 Å². The lowest BCUT2D eigenvalue weighted by Gasteiger charge is -2.17. The van der Waals surface area contributed by atoms with E-state index < -0.39 is 10.0 Å². The maximum absolute atomic E-state index is 12.3. The van der Waals surface area contributed by atoms with E-state index in [1.165, 1.54) is 12.1 Å². The van der Waals surface area contributed by atoms with Crippen LogP contribution in [-0.2, 0) is 27.8 Å². The molecule has 8 heteroatoms. The van der Waals surface area contributed by atoms with Gasteiger partial charge in [-0.2, -0.15) is 0 Å². The fraction of sp³-hybridized carbons (Fsp3) is 0.278. The minimum atomic E-state index is -3.70. The summed E-state index contributed by atoms with van der Waals surface area (Å²) < 4.78 is 33.1. The standard InChI is InChI=1S/C18H20N2O5S/c1-20(11-14-4-8-16-17(10-14)25-12-24-16)18(21)9-5-13-2-6-15(7-3-13)26(19,22)23/h2-4,6-8,10H,5,9,11-12H2,1H3,(H2,19,22,23). The monoisotopic (exact) mass is 376 g/mol. The fourth-order valence-corrected chi connectivity index (χ4v) is 3.20. The third-order valence-corrected chi connectivity index (χ3v) is 5.09. The molecule has 0 fully saturated rings. The van der Waals surface area contributed by atoms with Crippen molar-refractivity contribution in [3.05, 3.63) is 53.6 Å². The molecule has 2 N–H and O–H groups in total. The molecule has 0 unspecified atom stereocenters. The molecule has 0 radical (unpaired) electrons. The molecule has 1 heterocycles.